The Morgan fingerprint density at radius 3 is 2.88 bits per heavy atom. The van der Waals surface area contributed by atoms with Gasteiger partial charge in [-0.05, 0) is 47.0 Å². The molecule has 86 valence electrons. The summed E-state index contributed by atoms with van der Waals surface area (Å²) in [6.07, 6.45) is 3.82. The van der Waals surface area contributed by atoms with Gasteiger partial charge in [0.25, 0.3) is 0 Å². The third-order valence-corrected chi connectivity index (χ3v) is 3.68. The molecule has 0 bridgehead atoms. The summed E-state index contributed by atoms with van der Waals surface area (Å²) in [5, 5.41) is 0.662. The summed E-state index contributed by atoms with van der Waals surface area (Å²) in [6.45, 7) is 0.789. The van der Waals surface area contributed by atoms with E-state index in [0.717, 1.165) is 36.0 Å². The lowest BCUT2D eigenvalue weighted by atomic mass is 10.2. The van der Waals surface area contributed by atoms with Gasteiger partial charge in [0.2, 0.25) is 5.91 Å². The highest BCUT2D eigenvalue weighted by Crippen LogP contribution is 2.31. The molecule has 1 amide bonds. The van der Waals surface area contributed by atoms with Crippen molar-refractivity contribution in [1.29, 1.82) is 0 Å². The van der Waals surface area contributed by atoms with E-state index in [1.54, 1.807) is 0 Å². The van der Waals surface area contributed by atoms with Crippen molar-refractivity contribution in [2.75, 3.05) is 11.4 Å². The number of anilines is 1. The van der Waals surface area contributed by atoms with E-state index in [1.165, 1.54) is 0 Å². The van der Waals surface area contributed by atoms with Gasteiger partial charge in [-0.1, -0.05) is 18.0 Å². The van der Waals surface area contributed by atoms with Crippen LogP contribution in [-0.2, 0) is 4.79 Å². The van der Waals surface area contributed by atoms with Gasteiger partial charge in [0.05, 0.1) is 5.69 Å². The number of nitrogens with zero attached hydrogens (tertiary/aromatic N) is 1. The van der Waals surface area contributed by atoms with Gasteiger partial charge in [0, 0.05) is 22.5 Å². The number of amides is 1. The van der Waals surface area contributed by atoms with Crippen LogP contribution >= 0.6 is 27.5 Å². The summed E-state index contributed by atoms with van der Waals surface area (Å²) in [4.78, 5) is 13.8. The van der Waals surface area contributed by atoms with Crippen LogP contribution in [0.15, 0.2) is 22.7 Å². The maximum Gasteiger partial charge on any atom is 0.227 e. The Morgan fingerprint density at radius 1 is 1.25 bits per heavy atom. The molecule has 0 spiro atoms. The predicted octanol–water partition coefficient (Wildman–Crippen LogP) is 4.01. The molecule has 0 atom stereocenters. The van der Waals surface area contributed by atoms with Crippen molar-refractivity contribution in [2.45, 2.75) is 25.7 Å². The molecule has 0 saturated carbocycles. The highest BCUT2D eigenvalue weighted by Gasteiger charge is 2.20. The highest BCUT2D eigenvalue weighted by atomic mass is 79.9. The SMILES string of the molecule is O=C1CCCCCN1c1cc(Cl)ccc1Br. The third-order valence-electron chi connectivity index (χ3n) is 2.77. The minimum absolute atomic E-state index is 0.195. The number of carbonyl (C=O) groups excluding carboxylic acids is 1. The van der Waals surface area contributed by atoms with Crippen molar-refractivity contribution in [1.82, 2.24) is 0 Å². The molecule has 1 aromatic carbocycles. The zero-order valence-corrected chi connectivity index (χ0v) is 11.2. The predicted molar refractivity (Wildman–Crippen MR) is 70.0 cm³/mol. The standard InChI is InChI=1S/C12H13BrClNO/c13-10-6-5-9(14)8-11(10)15-7-3-1-2-4-12(15)16/h5-6,8H,1-4,7H2. The largest absolute Gasteiger partial charge is 0.311 e. The van der Waals surface area contributed by atoms with E-state index >= 15 is 0 Å². The van der Waals surface area contributed by atoms with Crippen LogP contribution in [0.4, 0.5) is 5.69 Å². The fourth-order valence-corrected chi connectivity index (χ4v) is 2.56. The molecule has 0 N–H and O–H groups in total. The summed E-state index contributed by atoms with van der Waals surface area (Å²) in [7, 11) is 0. The summed E-state index contributed by atoms with van der Waals surface area (Å²) >= 11 is 9.43. The second-order valence-electron chi connectivity index (χ2n) is 3.95. The monoisotopic (exact) mass is 301 g/mol. The average Bonchev–Trinajstić information content (AvgIpc) is 2.47. The average molecular weight is 303 g/mol. The molecule has 1 fully saturated rings. The molecular formula is C12H13BrClNO. The van der Waals surface area contributed by atoms with Crippen LogP contribution in [0.3, 0.4) is 0 Å². The normalized spacial score (nSPS) is 17.4. The molecule has 4 heteroatoms. The van der Waals surface area contributed by atoms with Gasteiger partial charge in [-0.25, -0.2) is 0 Å². The summed E-state index contributed by atoms with van der Waals surface area (Å²) in [6, 6.07) is 5.54. The van der Waals surface area contributed by atoms with E-state index in [2.05, 4.69) is 15.9 Å². The molecule has 0 radical (unpaired) electrons. The van der Waals surface area contributed by atoms with Gasteiger partial charge in [-0.2, -0.15) is 0 Å². The number of halogens is 2. The summed E-state index contributed by atoms with van der Waals surface area (Å²) in [5.41, 5.74) is 0.888. The minimum Gasteiger partial charge on any atom is -0.311 e. The molecule has 1 saturated heterocycles. The van der Waals surface area contributed by atoms with Crippen LogP contribution in [-0.4, -0.2) is 12.5 Å². The summed E-state index contributed by atoms with van der Waals surface area (Å²) in [5.74, 6) is 0.195. The van der Waals surface area contributed by atoms with E-state index in [0.29, 0.717) is 11.4 Å². The molecule has 0 aliphatic carbocycles. The quantitative estimate of drug-likeness (QED) is 0.767. The lowest BCUT2D eigenvalue weighted by Crippen LogP contribution is -2.30. The molecule has 1 heterocycles. The molecule has 2 nitrogen and oxygen atoms in total. The minimum atomic E-state index is 0.195. The highest BCUT2D eigenvalue weighted by molar-refractivity contribution is 9.10. The van der Waals surface area contributed by atoms with Crippen molar-refractivity contribution in [3.63, 3.8) is 0 Å². The van der Waals surface area contributed by atoms with Crippen molar-refractivity contribution in [3.8, 4) is 0 Å². The summed E-state index contributed by atoms with van der Waals surface area (Å²) < 4.78 is 0.923. The van der Waals surface area contributed by atoms with Gasteiger partial charge in [0.1, 0.15) is 0 Å². The lowest BCUT2D eigenvalue weighted by Gasteiger charge is -2.22. The smallest absolute Gasteiger partial charge is 0.227 e. The number of hydrogen-bond donors (Lipinski definition) is 0. The van der Waals surface area contributed by atoms with Crippen LogP contribution in [0.2, 0.25) is 5.02 Å². The van der Waals surface area contributed by atoms with Crippen LogP contribution in [0.5, 0.6) is 0 Å². The fourth-order valence-electron chi connectivity index (χ4n) is 1.93. The second-order valence-corrected chi connectivity index (χ2v) is 5.24. The Morgan fingerprint density at radius 2 is 2.06 bits per heavy atom. The topological polar surface area (TPSA) is 20.3 Å². The first kappa shape index (κ1) is 11.9. The fraction of sp³-hybridized carbons (Fsp3) is 0.417. The van der Waals surface area contributed by atoms with E-state index in [1.807, 2.05) is 23.1 Å². The zero-order valence-electron chi connectivity index (χ0n) is 8.88. The number of carbonyl (C=O) groups is 1. The Hall–Kier alpha value is -0.540. The Bertz CT molecular complexity index is 408. The molecule has 2 rings (SSSR count). The Labute approximate surface area is 109 Å². The van der Waals surface area contributed by atoms with E-state index < -0.39 is 0 Å². The number of benzene rings is 1. The van der Waals surface area contributed by atoms with E-state index in [9.17, 15) is 4.79 Å². The van der Waals surface area contributed by atoms with Crippen molar-refractivity contribution < 1.29 is 4.79 Å². The van der Waals surface area contributed by atoms with Crippen LogP contribution in [0.1, 0.15) is 25.7 Å². The number of hydrogen-bond acceptors (Lipinski definition) is 1. The molecule has 0 unspecified atom stereocenters. The number of rotatable bonds is 1. The Balaban J connectivity index is 2.33. The van der Waals surface area contributed by atoms with Crippen LogP contribution < -0.4 is 4.90 Å². The maximum atomic E-state index is 11.9. The lowest BCUT2D eigenvalue weighted by molar-refractivity contribution is -0.118. The Kier molecular flexibility index (Phi) is 3.87. The van der Waals surface area contributed by atoms with Gasteiger partial charge < -0.3 is 4.90 Å². The molecule has 1 aliphatic heterocycles. The van der Waals surface area contributed by atoms with Gasteiger partial charge in [-0.15, -0.1) is 0 Å². The zero-order chi connectivity index (χ0) is 11.5. The first-order valence-corrected chi connectivity index (χ1v) is 6.61. The van der Waals surface area contributed by atoms with Crippen molar-refractivity contribution in [3.05, 3.63) is 27.7 Å². The molecule has 1 aliphatic rings. The third kappa shape index (κ3) is 2.58. The van der Waals surface area contributed by atoms with Gasteiger partial charge in [0.15, 0.2) is 0 Å². The molecule has 0 aromatic heterocycles. The van der Waals surface area contributed by atoms with E-state index in [4.69, 9.17) is 11.6 Å². The van der Waals surface area contributed by atoms with Gasteiger partial charge in [-0.3, -0.25) is 4.79 Å². The van der Waals surface area contributed by atoms with Crippen LogP contribution in [0, 0.1) is 0 Å². The van der Waals surface area contributed by atoms with Gasteiger partial charge >= 0.3 is 0 Å². The second kappa shape index (κ2) is 5.19. The van der Waals surface area contributed by atoms with Crippen LogP contribution in [0.25, 0.3) is 0 Å². The first-order chi connectivity index (χ1) is 7.68. The van der Waals surface area contributed by atoms with E-state index in [-0.39, 0.29) is 5.91 Å². The molecular weight excluding hydrogens is 289 g/mol. The molecule has 16 heavy (non-hydrogen) atoms. The van der Waals surface area contributed by atoms with Crippen molar-refractivity contribution >= 4 is 39.1 Å². The molecule has 1 aromatic rings. The first-order valence-electron chi connectivity index (χ1n) is 5.44. The maximum absolute atomic E-state index is 11.9. The van der Waals surface area contributed by atoms with Crippen molar-refractivity contribution in [2.24, 2.45) is 0 Å².